The number of carbonyl (C=O) groups is 1. The molecular formula is C15H13FNO4S-. The van der Waals surface area contributed by atoms with Gasteiger partial charge in [-0.2, -0.15) is 0 Å². The van der Waals surface area contributed by atoms with Gasteiger partial charge in [0.1, 0.15) is 5.82 Å². The first-order chi connectivity index (χ1) is 10.4. The third-order valence-corrected chi connectivity index (χ3v) is 4.48. The zero-order valence-corrected chi connectivity index (χ0v) is 12.2. The van der Waals surface area contributed by atoms with Crippen LogP contribution < -0.4 is 9.83 Å². The van der Waals surface area contributed by atoms with E-state index in [9.17, 15) is 22.7 Å². The fourth-order valence-corrected chi connectivity index (χ4v) is 3.08. The minimum atomic E-state index is -4.08. The molecule has 1 unspecified atom stereocenters. The van der Waals surface area contributed by atoms with Crippen molar-refractivity contribution in [3.63, 3.8) is 0 Å². The molecule has 0 amide bonds. The maximum atomic E-state index is 12.8. The molecule has 0 spiro atoms. The molecular weight excluding hydrogens is 309 g/mol. The molecule has 0 fully saturated rings. The summed E-state index contributed by atoms with van der Waals surface area (Å²) in [5.41, 5.74) is 0.651. The van der Waals surface area contributed by atoms with Crippen LogP contribution >= 0.6 is 0 Å². The average molecular weight is 322 g/mol. The molecule has 0 saturated heterocycles. The van der Waals surface area contributed by atoms with Gasteiger partial charge in [0.05, 0.1) is 16.9 Å². The lowest BCUT2D eigenvalue weighted by molar-refractivity contribution is -0.307. The van der Waals surface area contributed by atoms with Crippen molar-refractivity contribution >= 4 is 16.0 Å². The van der Waals surface area contributed by atoms with Crippen molar-refractivity contribution in [2.24, 2.45) is 0 Å². The first-order valence-corrected chi connectivity index (χ1v) is 7.89. The Hall–Kier alpha value is -2.25. The Morgan fingerprint density at radius 3 is 2.23 bits per heavy atom. The first kappa shape index (κ1) is 16.1. The fourth-order valence-electron chi connectivity index (χ4n) is 1.89. The largest absolute Gasteiger partial charge is 0.548 e. The van der Waals surface area contributed by atoms with E-state index in [4.69, 9.17) is 0 Å². The topological polar surface area (TPSA) is 86.3 Å². The van der Waals surface area contributed by atoms with Gasteiger partial charge in [0.2, 0.25) is 10.0 Å². The van der Waals surface area contributed by atoms with Gasteiger partial charge in [-0.05, 0) is 36.2 Å². The summed E-state index contributed by atoms with van der Waals surface area (Å²) in [7, 11) is -4.08. The van der Waals surface area contributed by atoms with Crippen LogP contribution in [-0.4, -0.2) is 20.4 Å². The van der Waals surface area contributed by atoms with E-state index in [0.29, 0.717) is 5.56 Å². The fraction of sp³-hybridized carbons (Fsp3) is 0.133. The number of nitrogens with one attached hydrogen (secondary N) is 1. The number of halogens is 1. The number of carbonyl (C=O) groups excluding carboxylic acids is 1. The van der Waals surface area contributed by atoms with Gasteiger partial charge in [-0.1, -0.05) is 30.3 Å². The number of hydrogen-bond acceptors (Lipinski definition) is 4. The standard InChI is InChI=1S/C15H14FNO4S/c16-12-6-8-13(9-7-12)22(20,21)17-14(15(18)19)10-11-4-2-1-3-5-11/h1-9,14,17H,10H2,(H,18,19)/p-1. The van der Waals surface area contributed by atoms with Gasteiger partial charge in [0.15, 0.2) is 0 Å². The van der Waals surface area contributed by atoms with Crippen molar-refractivity contribution in [1.29, 1.82) is 0 Å². The van der Waals surface area contributed by atoms with E-state index in [0.717, 1.165) is 24.3 Å². The molecule has 0 radical (unpaired) electrons. The highest BCUT2D eigenvalue weighted by Crippen LogP contribution is 2.12. The molecule has 1 atom stereocenters. The van der Waals surface area contributed by atoms with Crippen LogP contribution in [0, 0.1) is 5.82 Å². The molecule has 2 aromatic rings. The van der Waals surface area contributed by atoms with Crippen molar-refractivity contribution in [3.05, 3.63) is 66.0 Å². The number of carboxylic acids is 1. The SMILES string of the molecule is O=C([O-])C(Cc1ccccc1)NS(=O)(=O)c1ccc(F)cc1. The lowest BCUT2D eigenvalue weighted by Gasteiger charge is -2.19. The van der Waals surface area contributed by atoms with Gasteiger partial charge < -0.3 is 9.90 Å². The predicted octanol–water partition coefficient (Wildman–Crippen LogP) is 0.465. The molecule has 0 bridgehead atoms. The van der Waals surface area contributed by atoms with Crippen LogP contribution in [0.2, 0.25) is 0 Å². The number of sulfonamides is 1. The zero-order valence-electron chi connectivity index (χ0n) is 11.4. The minimum Gasteiger partial charge on any atom is -0.548 e. The smallest absolute Gasteiger partial charge is 0.241 e. The second kappa shape index (κ2) is 6.67. The second-order valence-electron chi connectivity index (χ2n) is 4.64. The lowest BCUT2D eigenvalue weighted by Crippen LogP contribution is -2.49. The summed E-state index contributed by atoms with van der Waals surface area (Å²) >= 11 is 0. The summed E-state index contributed by atoms with van der Waals surface area (Å²) in [6.07, 6.45) is -0.0520. The summed E-state index contributed by atoms with van der Waals surface area (Å²) in [4.78, 5) is 11.0. The predicted molar refractivity (Wildman–Crippen MR) is 75.7 cm³/mol. The number of hydrogen-bond donors (Lipinski definition) is 1. The van der Waals surface area contributed by atoms with Gasteiger partial charge in [0.25, 0.3) is 0 Å². The molecule has 0 aliphatic carbocycles. The molecule has 116 valence electrons. The zero-order chi connectivity index (χ0) is 16.2. The highest BCUT2D eigenvalue weighted by Gasteiger charge is 2.21. The summed E-state index contributed by atoms with van der Waals surface area (Å²) in [5.74, 6) is -2.12. The number of rotatable bonds is 6. The molecule has 5 nitrogen and oxygen atoms in total. The van der Waals surface area contributed by atoms with E-state index in [-0.39, 0.29) is 11.3 Å². The van der Waals surface area contributed by atoms with E-state index >= 15 is 0 Å². The third-order valence-electron chi connectivity index (χ3n) is 2.99. The molecule has 22 heavy (non-hydrogen) atoms. The van der Waals surface area contributed by atoms with E-state index in [2.05, 4.69) is 4.72 Å². The second-order valence-corrected chi connectivity index (χ2v) is 6.35. The van der Waals surface area contributed by atoms with Crippen LogP contribution in [0.15, 0.2) is 59.5 Å². The van der Waals surface area contributed by atoms with Crippen LogP contribution in [0.5, 0.6) is 0 Å². The summed E-state index contributed by atoms with van der Waals surface area (Å²) in [6, 6.07) is 11.2. The number of aliphatic carboxylic acids is 1. The Labute approximate surface area is 127 Å². The van der Waals surface area contributed by atoms with Crippen LogP contribution in [0.25, 0.3) is 0 Å². The summed E-state index contributed by atoms with van der Waals surface area (Å²) < 4.78 is 39.1. The van der Waals surface area contributed by atoms with Crippen molar-refractivity contribution in [1.82, 2.24) is 4.72 Å². The minimum absolute atomic E-state index is 0.0520. The van der Waals surface area contributed by atoms with Crippen molar-refractivity contribution in [2.45, 2.75) is 17.4 Å². The highest BCUT2D eigenvalue weighted by molar-refractivity contribution is 7.89. The van der Waals surface area contributed by atoms with E-state index in [1.807, 2.05) is 0 Å². The van der Waals surface area contributed by atoms with Crippen LogP contribution in [-0.2, 0) is 21.2 Å². The Kier molecular flexibility index (Phi) is 4.89. The molecule has 0 aromatic heterocycles. The Morgan fingerprint density at radius 2 is 1.68 bits per heavy atom. The van der Waals surface area contributed by atoms with Gasteiger partial charge in [-0.3, -0.25) is 0 Å². The Morgan fingerprint density at radius 1 is 1.09 bits per heavy atom. The van der Waals surface area contributed by atoms with Gasteiger partial charge in [-0.25, -0.2) is 17.5 Å². The molecule has 7 heteroatoms. The highest BCUT2D eigenvalue weighted by atomic mass is 32.2. The van der Waals surface area contributed by atoms with Crippen LogP contribution in [0.1, 0.15) is 5.56 Å². The van der Waals surface area contributed by atoms with Gasteiger partial charge >= 0.3 is 0 Å². The Balaban J connectivity index is 2.20. The van der Waals surface area contributed by atoms with E-state index in [1.165, 1.54) is 0 Å². The van der Waals surface area contributed by atoms with Crippen molar-refractivity contribution in [3.8, 4) is 0 Å². The van der Waals surface area contributed by atoms with Crippen molar-refractivity contribution < 1.29 is 22.7 Å². The van der Waals surface area contributed by atoms with Crippen LogP contribution in [0.3, 0.4) is 0 Å². The van der Waals surface area contributed by atoms with Crippen LogP contribution in [0.4, 0.5) is 4.39 Å². The molecule has 2 aromatic carbocycles. The number of benzene rings is 2. The van der Waals surface area contributed by atoms with Gasteiger partial charge in [-0.15, -0.1) is 0 Å². The maximum absolute atomic E-state index is 12.8. The monoisotopic (exact) mass is 322 g/mol. The molecule has 0 saturated carbocycles. The molecule has 1 N–H and O–H groups in total. The Bertz CT molecular complexity index is 745. The summed E-state index contributed by atoms with van der Waals surface area (Å²) in [5, 5.41) is 11.2. The number of carboxylic acid groups (broad SMARTS) is 1. The quantitative estimate of drug-likeness (QED) is 0.837. The van der Waals surface area contributed by atoms with Crippen molar-refractivity contribution in [2.75, 3.05) is 0 Å². The van der Waals surface area contributed by atoms with E-state index in [1.54, 1.807) is 30.3 Å². The lowest BCUT2D eigenvalue weighted by atomic mass is 10.1. The van der Waals surface area contributed by atoms with E-state index < -0.39 is 27.9 Å². The third kappa shape index (κ3) is 4.12. The average Bonchev–Trinajstić information content (AvgIpc) is 2.48. The molecule has 0 heterocycles. The maximum Gasteiger partial charge on any atom is 0.241 e. The molecule has 0 aliphatic rings. The normalized spacial score (nSPS) is 12.8. The van der Waals surface area contributed by atoms with Gasteiger partial charge in [0, 0.05) is 0 Å². The molecule has 0 aliphatic heterocycles. The summed E-state index contributed by atoms with van der Waals surface area (Å²) in [6.45, 7) is 0. The molecule has 2 rings (SSSR count). The first-order valence-electron chi connectivity index (χ1n) is 6.41.